The summed E-state index contributed by atoms with van der Waals surface area (Å²) in [5, 5.41) is 12.2. The molecule has 2 aromatic carbocycles. The average Bonchev–Trinajstić information content (AvgIpc) is 3.41. The van der Waals surface area contributed by atoms with Crippen molar-refractivity contribution in [3.05, 3.63) is 83.8 Å². The van der Waals surface area contributed by atoms with E-state index in [4.69, 9.17) is 0 Å². The number of sulfonamides is 1. The molecule has 0 aliphatic carbocycles. The van der Waals surface area contributed by atoms with Crippen LogP contribution in [0.5, 0.6) is 0 Å². The Morgan fingerprint density at radius 3 is 2.52 bits per heavy atom. The van der Waals surface area contributed by atoms with E-state index in [0.717, 1.165) is 5.56 Å². The molecule has 158 valence electrons. The predicted octanol–water partition coefficient (Wildman–Crippen LogP) is 1.88. The van der Waals surface area contributed by atoms with Crippen molar-refractivity contribution in [1.29, 1.82) is 5.26 Å². The second-order valence-corrected chi connectivity index (χ2v) is 9.34. The highest BCUT2D eigenvalue weighted by Crippen LogP contribution is 2.31. The molecular formula is C22H21N5O3S. The second kappa shape index (κ2) is 8.34. The van der Waals surface area contributed by atoms with Crippen LogP contribution in [0.15, 0.2) is 72.1 Å². The second-order valence-electron chi connectivity index (χ2n) is 7.45. The lowest BCUT2D eigenvalue weighted by molar-refractivity contribution is 0.0936. The van der Waals surface area contributed by atoms with Crippen molar-refractivity contribution >= 4 is 15.9 Å². The Hall–Kier alpha value is -3.48. The third-order valence-corrected chi connectivity index (χ3v) is 7.13. The van der Waals surface area contributed by atoms with Crippen LogP contribution in [0.1, 0.15) is 27.4 Å². The van der Waals surface area contributed by atoms with Gasteiger partial charge in [0.2, 0.25) is 0 Å². The molecule has 1 aromatic heterocycles. The number of carbonyl (C=O) groups excluding carboxylic acids is 1. The van der Waals surface area contributed by atoms with E-state index in [1.165, 1.54) is 16.8 Å². The van der Waals surface area contributed by atoms with Crippen LogP contribution in [0.25, 0.3) is 0 Å². The fourth-order valence-corrected chi connectivity index (χ4v) is 5.29. The fraction of sp³-hybridized carbons (Fsp3) is 0.227. The summed E-state index contributed by atoms with van der Waals surface area (Å²) in [6, 6.07) is 17.6. The molecule has 1 fully saturated rings. The number of benzene rings is 2. The molecule has 2 atom stereocenters. The monoisotopic (exact) mass is 435 g/mol. The molecule has 9 heteroatoms. The molecule has 1 amide bonds. The highest BCUT2D eigenvalue weighted by Gasteiger charge is 2.41. The molecule has 1 N–H and O–H groups in total. The van der Waals surface area contributed by atoms with Crippen LogP contribution in [0.4, 0.5) is 0 Å². The maximum absolute atomic E-state index is 13.1. The third kappa shape index (κ3) is 4.08. The van der Waals surface area contributed by atoms with Gasteiger partial charge in [0.15, 0.2) is 5.03 Å². The van der Waals surface area contributed by atoms with E-state index in [2.05, 4.69) is 10.3 Å². The molecule has 0 radical (unpaired) electrons. The first-order valence-electron chi connectivity index (χ1n) is 9.73. The number of aromatic nitrogens is 2. The van der Waals surface area contributed by atoms with Gasteiger partial charge in [0, 0.05) is 32.3 Å². The first-order valence-corrected chi connectivity index (χ1v) is 11.2. The quantitative estimate of drug-likeness (QED) is 0.658. The van der Waals surface area contributed by atoms with Crippen LogP contribution in [0.2, 0.25) is 0 Å². The van der Waals surface area contributed by atoms with E-state index >= 15 is 0 Å². The van der Waals surface area contributed by atoms with Crippen molar-refractivity contribution in [3.63, 3.8) is 0 Å². The number of nitriles is 1. The zero-order chi connectivity index (χ0) is 22.0. The van der Waals surface area contributed by atoms with Gasteiger partial charge >= 0.3 is 0 Å². The molecule has 0 spiro atoms. The van der Waals surface area contributed by atoms with E-state index in [0.29, 0.717) is 0 Å². The summed E-state index contributed by atoms with van der Waals surface area (Å²) in [4.78, 5) is 16.9. The zero-order valence-corrected chi connectivity index (χ0v) is 17.7. The molecule has 0 unspecified atom stereocenters. The lowest BCUT2D eigenvalue weighted by Crippen LogP contribution is -2.40. The van der Waals surface area contributed by atoms with Gasteiger partial charge in [-0.25, -0.2) is 13.4 Å². The topological polar surface area (TPSA) is 108 Å². The number of rotatable bonds is 5. The van der Waals surface area contributed by atoms with E-state index in [1.807, 2.05) is 36.4 Å². The minimum absolute atomic E-state index is 0.0244. The molecule has 4 rings (SSSR count). The number of carbonyl (C=O) groups is 1. The normalized spacial score (nSPS) is 19.1. The maximum Gasteiger partial charge on any atom is 0.262 e. The molecule has 2 heterocycles. The number of hydrogen-bond donors (Lipinski definition) is 1. The summed E-state index contributed by atoms with van der Waals surface area (Å²) >= 11 is 0. The highest BCUT2D eigenvalue weighted by molar-refractivity contribution is 7.89. The molecule has 31 heavy (non-hydrogen) atoms. The van der Waals surface area contributed by atoms with Gasteiger partial charge in [0.05, 0.1) is 29.6 Å². The van der Waals surface area contributed by atoms with Crippen molar-refractivity contribution in [2.24, 2.45) is 7.05 Å². The van der Waals surface area contributed by atoms with E-state index < -0.39 is 22.0 Å². The SMILES string of the molecule is Cn1cnc(S(=O)(=O)N2C[C@@H](NC(=O)c3ccccc3C#N)[C@H](c3ccccc3)C2)c1. The predicted molar refractivity (Wildman–Crippen MR) is 114 cm³/mol. The standard InChI is InChI=1S/C22H21N5O3S/c1-26-14-21(24-15-26)31(29,30)27-12-19(16-7-3-2-4-8-16)20(13-27)25-22(28)18-10-6-5-9-17(18)11-23/h2-10,14-15,19-20H,12-13H2,1H3,(H,25,28)/t19-,20+/m0/s1. The number of aryl methyl sites for hydroxylation is 1. The lowest BCUT2D eigenvalue weighted by atomic mass is 9.94. The lowest BCUT2D eigenvalue weighted by Gasteiger charge is -2.20. The third-order valence-electron chi connectivity index (χ3n) is 5.41. The van der Waals surface area contributed by atoms with Crippen molar-refractivity contribution < 1.29 is 13.2 Å². The van der Waals surface area contributed by atoms with Gasteiger partial charge in [-0.1, -0.05) is 42.5 Å². The van der Waals surface area contributed by atoms with Gasteiger partial charge in [-0.2, -0.15) is 9.57 Å². The number of nitrogens with zero attached hydrogens (tertiary/aromatic N) is 4. The van der Waals surface area contributed by atoms with Gasteiger partial charge in [-0.3, -0.25) is 4.79 Å². The summed E-state index contributed by atoms with van der Waals surface area (Å²) in [7, 11) is -2.10. The minimum atomic E-state index is -3.81. The Morgan fingerprint density at radius 2 is 1.84 bits per heavy atom. The van der Waals surface area contributed by atoms with Crippen LogP contribution < -0.4 is 5.32 Å². The molecule has 3 aromatic rings. The van der Waals surface area contributed by atoms with Gasteiger partial charge in [-0.05, 0) is 17.7 Å². The van der Waals surface area contributed by atoms with Gasteiger partial charge in [0.1, 0.15) is 0 Å². The molecule has 1 aliphatic heterocycles. The highest BCUT2D eigenvalue weighted by atomic mass is 32.2. The van der Waals surface area contributed by atoms with Crippen LogP contribution in [0, 0.1) is 11.3 Å². The number of amides is 1. The molecule has 0 bridgehead atoms. The Labute approximate surface area is 180 Å². The summed E-state index contributed by atoms with van der Waals surface area (Å²) < 4.78 is 29.2. The van der Waals surface area contributed by atoms with Crippen LogP contribution >= 0.6 is 0 Å². The molecule has 8 nitrogen and oxygen atoms in total. The Morgan fingerprint density at radius 1 is 1.13 bits per heavy atom. The Bertz CT molecular complexity index is 1250. The van der Waals surface area contributed by atoms with Crippen LogP contribution in [-0.2, 0) is 17.1 Å². The number of nitrogens with one attached hydrogen (secondary N) is 1. The van der Waals surface area contributed by atoms with Crippen LogP contribution in [0.3, 0.4) is 0 Å². The number of hydrogen-bond acceptors (Lipinski definition) is 5. The first-order chi connectivity index (χ1) is 14.9. The molecule has 0 saturated carbocycles. The summed E-state index contributed by atoms with van der Waals surface area (Å²) in [5.41, 5.74) is 1.47. The largest absolute Gasteiger partial charge is 0.347 e. The Balaban J connectivity index is 1.64. The van der Waals surface area contributed by atoms with Crippen molar-refractivity contribution in [3.8, 4) is 6.07 Å². The Kier molecular flexibility index (Phi) is 5.59. The average molecular weight is 436 g/mol. The smallest absolute Gasteiger partial charge is 0.262 e. The van der Waals surface area contributed by atoms with Crippen molar-refractivity contribution in [2.45, 2.75) is 17.0 Å². The first kappa shape index (κ1) is 20.8. The van der Waals surface area contributed by atoms with Gasteiger partial charge in [0.25, 0.3) is 15.9 Å². The number of imidazole rings is 1. The summed E-state index contributed by atoms with van der Waals surface area (Å²) in [6.45, 7) is 0.326. The maximum atomic E-state index is 13.1. The van der Waals surface area contributed by atoms with Crippen molar-refractivity contribution in [2.75, 3.05) is 13.1 Å². The van der Waals surface area contributed by atoms with Crippen molar-refractivity contribution in [1.82, 2.24) is 19.2 Å². The van der Waals surface area contributed by atoms with E-state index in [9.17, 15) is 18.5 Å². The fourth-order valence-electron chi connectivity index (χ4n) is 3.83. The molecule has 1 saturated heterocycles. The van der Waals surface area contributed by atoms with E-state index in [1.54, 1.807) is 35.9 Å². The molecule has 1 aliphatic rings. The summed E-state index contributed by atoms with van der Waals surface area (Å²) in [5.74, 6) is -0.641. The van der Waals surface area contributed by atoms with E-state index in [-0.39, 0.29) is 35.2 Å². The summed E-state index contributed by atoms with van der Waals surface area (Å²) in [6.07, 6.45) is 2.90. The minimum Gasteiger partial charge on any atom is -0.347 e. The van der Waals surface area contributed by atoms with Gasteiger partial charge in [-0.15, -0.1) is 0 Å². The van der Waals surface area contributed by atoms with Crippen LogP contribution in [-0.4, -0.2) is 47.3 Å². The van der Waals surface area contributed by atoms with Gasteiger partial charge < -0.3 is 9.88 Å². The zero-order valence-electron chi connectivity index (χ0n) is 16.8. The molecular weight excluding hydrogens is 414 g/mol.